The van der Waals surface area contributed by atoms with Crippen molar-refractivity contribution in [1.82, 2.24) is 30.2 Å². The van der Waals surface area contributed by atoms with E-state index in [2.05, 4.69) is 42.4 Å². The zero-order valence-electron chi connectivity index (χ0n) is 22.9. The number of carbonyl (C=O) groups is 3. The lowest BCUT2D eigenvalue weighted by Gasteiger charge is -2.30. The summed E-state index contributed by atoms with van der Waals surface area (Å²) in [6.07, 6.45) is 7.71. The minimum Gasteiger partial charge on any atom is -0.349 e. The Balaban J connectivity index is 1.29. The van der Waals surface area contributed by atoms with Crippen LogP contribution in [0.2, 0.25) is 0 Å². The lowest BCUT2D eigenvalue weighted by Crippen LogP contribution is -2.49. The Bertz CT molecular complexity index is 1560. The SMILES string of the molecule is CC(=O)C1(CC(=O)N2[C@H](C(=O)NCc3ccncn3)C[C@@]3(C)C[C@@H]23)N=Nc2c(C)cc(-c3cnc(C)nc3)cc21. The van der Waals surface area contributed by atoms with Gasteiger partial charge in [0, 0.05) is 35.8 Å². The van der Waals surface area contributed by atoms with Gasteiger partial charge in [-0.15, -0.1) is 0 Å². The lowest BCUT2D eigenvalue weighted by molar-refractivity contribution is -0.142. The number of benzene rings is 1. The monoisotopic (exact) mass is 538 g/mol. The van der Waals surface area contributed by atoms with Crippen LogP contribution in [0, 0.1) is 19.3 Å². The molecule has 1 aliphatic carbocycles. The van der Waals surface area contributed by atoms with E-state index < -0.39 is 11.6 Å². The van der Waals surface area contributed by atoms with Gasteiger partial charge in [0.1, 0.15) is 18.2 Å². The first-order chi connectivity index (χ1) is 19.1. The van der Waals surface area contributed by atoms with Gasteiger partial charge in [0.05, 0.1) is 24.3 Å². The molecule has 3 aliphatic rings. The smallest absolute Gasteiger partial charge is 0.243 e. The fraction of sp³-hybridized carbons (Fsp3) is 0.414. The quantitative estimate of drug-likeness (QED) is 0.485. The molecule has 1 saturated heterocycles. The molecule has 2 aliphatic heterocycles. The molecule has 0 spiro atoms. The van der Waals surface area contributed by atoms with Crippen LogP contribution in [-0.4, -0.2) is 54.5 Å². The number of hydrogen-bond donors (Lipinski definition) is 1. The number of piperidine rings is 1. The third kappa shape index (κ3) is 4.25. The molecule has 1 aromatic carbocycles. The molecule has 40 heavy (non-hydrogen) atoms. The van der Waals surface area contributed by atoms with Gasteiger partial charge in [-0.25, -0.2) is 19.9 Å². The van der Waals surface area contributed by atoms with Crippen LogP contribution < -0.4 is 5.32 Å². The molecule has 204 valence electrons. The highest BCUT2D eigenvalue weighted by Gasteiger charge is 2.65. The number of hydrogen-bond acceptors (Lipinski definition) is 9. The predicted molar refractivity (Wildman–Crippen MR) is 144 cm³/mol. The second kappa shape index (κ2) is 9.35. The zero-order chi connectivity index (χ0) is 28.2. The second-order valence-electron chi connectivity index (χ2n) is 11.3. The number of azo groups is 1. The standard InChI is InChI=1S/C29H30N8O3/c1-16-7-19(20-12-31-18(3)32-13-20)8-22-26(16)35-36-29(22,17(2)38)11-25(39)37-23(9-28(4)10-24(28)37)27(40)33-14-21-5-6-30-15-34-21/h5-8,12-13,15,23-24H,9-11,14H2,1-4H3,(H,33,40)/t23-,24+,28-,29?/m0/s1. The molecule has 2 amide bonds. The minimum absolute atomic E-state index is 0.0469. The van der Waals surface area contributed by atoms with Crippen molar-refractivity contribution in [2.24, 2.45) is 15.6 Å². The molecule has 2 aromatic heterocycles. The number of rotatable bonds is 7. The van der Waals surface area contributed by atoms with E-state index in [9.17, 15) is 14.4 Å². The summed E-state index contributed by atoms with van der Waals surface area (Å²) in [7, 11) is 0. The van der Waals surface area contributed by atoms with Crippen molar-refractivity contribution in [1.29, 1.82) is 0 Å². The molecule has 11 nitrogen and oxygen atoms in total. The van der Waals surface area contributed by atoms with E-state index in [1.54, 1.807) is 29.6 Å². The van der Waals surface area contributed by atoms with E-state index in [1.807, 2.05) is 26.0 Å². The topological polar surface area (TPSA) is 143 Å². The van der Waals surface area contributed by atoms with Crippen molar-refractivity contribution in [2.75, 3.05) is 0 Å². The molecule has 4 heterocycles. The van der Waals surface area contributed by atoms with E-state index in [1.165, 1.54) is 13.3 Å². The molecule has 4 atom stereocenters. The van der Waals surface area contributed by atoms with Gasteiger partial charge >= 0.3 is 0 Å². The molecule has 0 radical (unpaired) electrons. The number of aryl methyl sites for hydroxylation is 2. The number of Topliss-reactive ketones (excluding diaryl/α,β-unsaturated/α-hetero) is 1. The van der Waals surface area contributed by atoms with Crippen molar-refractivity contribution in [3.8, 4) is 11.1 Å². The average molecular weight is 539 g/mol. The van der Waals surface area contributed by atoms with Crippen molar-refractivity contribution in [3.05, 3.63) is 65.8 Å². The third-order valence-corrected chi connectivity index (χ3v) is 8.48. The second-order valence-corrected chi connectivity index (χ2v) is 11.3. The van der Waals surface area contributed by atoms with Gasteiger partial charge in [-0.05, 0) is 68.4 Å². The Kier molecular flexibility index (Phi) is 6.04. The highest BCUT2D eigenvalue weighted by molar-refractivity contribution is 5.98. The van der Waals surface area contributed by atoms with Gasteiger partial charge in [-0.3, -0.25) is 14.4 Å². The number of fused-ring (bicyclic) bond motifs is 2. The number of carbonyl (C=O) groups excluding carboxylic acids is 3. The number of ketones is 1. The van der Waals surface area contributed by atoms with Gasteiger partial charge in [0.15, 0.2) is 11.3 Å². The predicted octanol–water partition coefficient (Wildman–Crippen LogP) is 3.52. The largest absolute Gasteiger partial charge is 0.349 e. The van der Waals surface area contributed by atoms with Crippen LogP contribution in [0.15, 0.2) is 53.3 Å². The Morgan fingerprint density at radius 1 is 1.07 bits per heavy atom. The molecule has 1 N–H and O–H groups in total. The Hall–Kier alpha value is -4.41. The third-order valence-electron chi connectivity index (χ3n) is 8.48. The summed E-state index contributed by atoms with van der Waals surface area (Å²) >= 11 is 0. The first-order valence-electron chi connectivity index (χ1n) is 13.3. The van der Waals surface area contributed by atoms with Crippen LogP contribution >= 0.6 is 0 Å². The number of nitrogens with zero attached hydrogens (tertiary/aromatic N) is 7. The van der Waals surface area contributed by atoms with Crippen LogP contribution in [0.1, 0.15) is 55.8 Å². The summed E-state index contributed by atoms with van der Waals surface area (Å²) in [4.78, 5) is 58.9. The number of likely N-dealkylation sites (tertiary alicyclic amines) is 1. The number of amides is 2. The lowest BCUT2D eigenvalue weighted by atomic mass is 9.81. The fourth-order valence-electron chi connectivity index (χ4n) is 6.03. The van der Waals surface area contributed by atoms with E-state index >= 15 is 0 Å². The van der Waals surface area contributed by atoms with Gasteiger partial charge in [-0.1, -0.05) is 6.92 Å². The molecular weight excluding hydrogens is 508 g/mol. The molecule has 2 fully saturated rings. The van der Waals surface area contributed by atoms with Gasteiger partial charge in [0.25, 0.3) is 0 Å². The van der Waals surface area contributed by atoms with Crippen LogP contribution in [0.25, 0.3) is 11.1 Å². The van der Waals surface area contributed by atoms with Crippen LogP contribution in [0.4, 0.5) is 5.69 Å². The molecule has 3 aromatic rings. The summed E-state index contributed by atoms with van der Waals surface area (Å²) in [6.45, 7) is 7.50. The highest BCUT2D eigenvalue weighted by Crippen LogP contribution is 2.60. The molecule has 0 bridgehead atoms. The summed E-state index contributed by atoms with van der Waals surface area (Å²) in [5, 5.41) is 11.7. The Labute approximate surface area is 231 Å². The molecule has 11 heteroatoms. The van der Waals surface area contributed by atoms with Crippen LogP contribution in [-0.2, 0) is 26.5 Å². The summed E-state index contributed by atoms with van der Waals surface area (Å²) in [6, 6.07) is 4.88. The summed E-state index contributed by atoms with van der Waals surface area (Å²) in [5.41, 5.74) is 2.74. The maximum atomic E-state index is 14.0. The average Bonchev–Trinajstić information content (AvgIpc) is 3.29. The van der Waals surface area contributed by atoms with Crippen molar-refractivity contribution in [3.63, 3.8) is 0 Å². The first kappa shape index (κ1) is 25.8. The Morgan fingerprint density at radius 2 is 1.85 bits per heavy atom. The van der Waals surface area contributed by atoms with E-state index in [4.69, 9.17) is 0 Å². The van der Waals surface area contributed by atoms with E-state index in [0.29, 0.717) is 29.2 Å². The van der Waals surface area contributed by atoms with E-state index in [0.717, 1.165) is 23.1 Å². The van der Waals surface area contributed by atoms with Crippen molar-refractivity contribution < 1.29 is 14.4 Å². The number of aromatic nitrogens is 4. The Morgan fingerprint density at radius 3 is 2.55 bits per heavy atom. The van der Waals surface area contributed by atoms with Gasteiger partial charge in [0.2, 0.25) is 11.8 Å². The summed E-state index contributed by atoms with van der Waals surface area (Å²) in [5.74, 6) is -0.133. The van der Waals surface area contributed by atoms with Gasteiger partial charge in [-0.2, -0.15) is 10.2 Å². The van der Waals surface area contributed by atoms with Crippen LogP contribution in [0.5, 0.6) is 0 Å². The maximum Gasteiger partial charge on any atom is 0.243 e. The van der Waals surface area contributed by atoms with Crippen molar-refractivity contribution >= 4 is 23.3 Å². The van der Waals surface area contributed by atoms with Gasteiger partial charge < -0.3 is 10.2 Å². The minimum atomic E-state index is -1.46. The van der Waals surface area contributed by atoms with Crippen LogP contribution in [0.3, 0.4) is 0 Å². The highest BCUT2D eigenvalue weighted by atomic mass is 16.2. The summed E-state index contributed by atoms with van der Waals surface area (Å²) < 4.78 is 0. The van der Waals surface area contributed by atoms with E-state index in [-0.39, 0.29) is 42.0 Å². The molecule has 1 unspecified atom stereocenters. The maximum absolute atomic E-state index is 14.0. The molecule has 1 saturated carbocycles. The molecule has 6 rings (SSSR count). The number of nitrogens with one attached hydrogen (secondary N) is 1. The normalized spacial score (nSPS) is 25.9. The zero-order valence-corrected chi connectivity index (χ0v) is 22.9. The molecular formula is C29H30N8O3. The fourth-order valence-corrected chi connectivity index (χ4v) is 6.03. The van der Waals surface area contributed by atoms with Crippen molar-refractivity contribution in [2.45, 2.75) is 71.1 Å². The first-order valence-corrected chi connectivity index (χ1v) is 13.3.